The summed E-state index contributed by atoms with van der Waals surface area (Å²) in [4.78, 5) is 5.47. The maximum absolute atomic E-state index is 2.74. The Morgan fingerprint density at radius 1 is 0.265 bits per heavy atom. The largest absolute Gasteiger partial charge is 0.356 e. The zero-order valence-corrected chi connectivity index (χ0v) is 34.6. The molecule has 0 N–H and O–H groups in total. The van der Waals surface area contributed by atoms with Crippen LogP contribution in [-0.2, 0) is 0 Å². The first-order valence-electron chi connectivity index (χ1n) is 23.5. The molecule has 0 saturated carbocycles. The molecular formula is C47H94N2. The Kier molecular flexibility index (Phi) is 36.5. The lowest BCUT2D eigenvalue weighted by Gasteiger charge is -2.33. The highest BCUT2D eigenvalue weighted by atomic mass is 15.4. The average Bonchev–Trinajstić information content (AvgIpc) is 3.50. The Balaban J connectivity index is 2.20. The fraction of sp³-hybridized carbons (Fsp3) is 0.957. The molecule has 0 aromatic heterocycles. The molecule has 0 saturated heterocycles. The fourth-order valence-corrected chi connectivity index (χ4v) is 8.13. The molecule has 1 unspecified atom stereocenters. The molecule has 1 atom stereocenters. The lowest BCUT2D eigenvalue weighted by molar-refractivity contribution is 0.135. The molecule has 1 aliphatic rings. The summed E-state index contributed by atoms with van der Waals surface area (Å²) >= 11 is 0. The van der Waals surface area contributed by atoms with E-state index in [2.05, 4.69) is 43.0 Å². The van der Waals surface area contributed by atoms with Crippen molar-refractivity contribution in [3.05, 3.63) is 12.4 Å². The molecule has 0 aromatic carbocycles. The minimum Gasteiger partial charge on any atom is -0.356 e. The average molecular weight is 687 g/mol. The third-order valence-electron chi connectivity index (χ3n) is 11.6. The van der Waals surface area contributed by atoms with E-state index in [0.29, 0.717) is 6.17 Å². The second-order valence-corrected chi connectivity index (χ2v) is 16.4. The van der Waals surface area contributed by atoms with Crippen molar-refractivity contribution in [1.29, 1.82) is 0 Å². The maximum atomic E-state index is 2.74. The van der Waals surface area contributed by atoms with Gasteiger partial charge in [0.2, 0.25) is 0 Å². The quantitative estimate of drug-likeness (QED) is 0.0591. The van der Waals surface area contributed by atoms with Gasteiger partial charge in [-0.05, 0) is 25.7 Å². The van der Waals surface area contributed by atoms with E-state index in [4.69, 9.17) is 0 Å². The molecule has 1 aliphatic heterocycles. The van der Waals surface area contributed by atoms with Crippen molar-refractivity contribution >= 4 is 0 Å². The summed E-state index contributed by atoms with van der Waals surface area (Å²) in [7, 11) is 0. The van der Waals surface area contributed by atoms with Crippen LogP contribution < -0.4 is 0 Å². The van der Waals surface area contributed by atoms with E-state index in [0.717, 1.165) is 0 Å². The highest BCUT2D eigenvalue weighted by Gasteiger charge is 2.24. The van der Waals surface area contributed by atoms with Gasteiger partial charge in [0.15, 0.2) is 0 Å². The first-order valence-corrected chi connectivity index (χ1v) is 23.5. The van der Waals surface area contributed by atoms with Crippen LogP contribution >= 0.6 is 0 Å². The van der Waals surface area contributed by atoms with Crippen LogP contribution in [0.15, 0.2) is 12.4 Å². The minimum absolute atomic E-state index is 0.637. The van der Waals surface area contributed by atoms with Crippen LogP contribution in [0.25, 0.3) is 0 Å². The van der Waals surface area contributed by atoms with Gasteiger partial charge in [0.05, 0.1) is 0 Å². The van der Waals surface area contributed by atoms with Crippen molar-refractivity contribution in [2.24, 2.45) is 0 Å². The molecule has 0 aliphatic carbocycles. The summed E-state index contributed by atoms with van der Waals surface area (Å²) in [5, 5.41) is 0. The zero-order chi connectivity index (χ0) is 35.1. The van der Waals surface area contributed by atoms with Gasteiger partial charge in [-0.3, -0.25) is 0 Å². The Bertz CT molecular complexity index is 644. The SMILES string of the molecule is CCCCCCCCCCCCCCCCCN1C=CN(CCCCCCCCCCCCC)C1CCCCCCCCCCCCCC. The second kappa shape index (κ2) is 38.6. The second-order valence-electron chi connectivity index (χ2n) is 16.4. The lowest BCUT2D eigenvalue weighted by atomic mass is 10.0. The van der Waals surface area contributed by atoms with Crippen LogP contribution in [-0.4, -0.2) is 29.1 Å². The first kappa shape index (κ1) is 46.4. The molecule has 1 heterocycles. The van der Waals surface area contributed by atoms with E-state index in [1.807, 2.05) is 0 Å². The molecule has 0 radical (unpaired) electrons. The number of unbranched alkanes of at least 4 members (excludes halogenated alkanes) is 35. The summed E-state index contributed by atoms with van der Waals surface area (Å²) in [5.74, 6) is 0. The molecular weight excluding hydrogens is 593 g/mol. The highest BCUT2D eigenvalue weighted by Crippen LogP contribution is 2.24. The van der Waals surface area contributed by atoms with Crippen LogP contribution in [0.1, 0.15) is 271 Å². The van der Waals surface area contributed by atoms with Crippen molar-refractivity contribution in [3.63, 3.8) is 0 Å². The van der Waals surface area contributed by atoms with Crippen molar-refractivity contribution in [2.45, 2.75) is 277 Å². The van der Waals surface area contributed by atoms with Crippen molar-refractivity contribution in [1.82, 2.24) is 9.80 Å². The lowest BCUT2D eigenvalue weighted by Crippen LogP contribution is -2.39. The topological polar surface area (TPSA) is 6.48 Å². The van der Waals surface area contributed by atoms with Gasteiger partial charge in [0.1, 0.15) is 6.17 Å². The van der Waals surface area contributed by atoms with Gasteiger partial charge < -0.3 is 9.80 Å². The zero-order valence-electron chi connectivity index (χ0n) is 34.6. The summed E-state index contributed by atoms with van der Waals surface area (Å²) in [6, 6.07) is 0. The van der Waals surface area contributed by atoms with Gasteiger partial charge in [-0.25, -0.2) is 0 Å². The predicted molar refractivity (Wildman–Crippen MR) is 223 cm³/mol. The molecule has 1 rings (SSSR count). The molecule has 0 bridgehead atoms. The van der Waals surface area contributed by atoms with E-state index < -0.39 is 0 Å². The molecule has 2 heteroatoms. The van der Waals surface area contributed by atoms with Crippen LogP contribution in [0.2, 0.25) is 0 Å². The van der Waals surface area contributed by atoms with E-state index in [1.165, 1.54) is 264 Å². The highest BCUT2D eigenvalue weighted by molar-refractivity contribution is 4.97. The van der Waals surface area contributed by atoms with Gasteiger partial charge in [-0.2, -0.15) is 0 Å². The monoisotopic (exact) mass is 687 g/mol. The van der Waals surface area contributed by atoms with Gasteiger partial charge in [0.25, 0.3) is 0 Å². The molecule has 0 spiro atoms. The number of hydrogen-bond acceptors (Lipinski definition) is 2. The Hall–Kier alpha value is -0.660. The van der Waals surface area contributed by atoms with E-state index in [1.54, 1.807) is 0 Å². The van der Waals surface area contributed by atoms with Gasteiger partial charge in [-0.1, -0.05) is 245 Å². The fourth-order valence-electron chi connectivity index (χ4n) is 8.13. The van der Waals surface area contributed by atoms with E-state index in [9.17, 15) is 0 Å². The van der Waals surface area contributed by atoms with Crippen molar-refractivity contribution in [2.75, 3.05) is 13.1 Å². The Morgan fingerprint density at radius 2 is 0.469 bits per heavy atom. The van der Waals surface area contributed by atoms with Crippen LogP contribution in [0, 0.1) is 0 Å². The van der Waals surface area contributed by atoms with Gasteiger partial charge in [0, 0.05) is 25.5 Å². The number of nitrogens with zero attached hydrogens (tertiary/aromatic N) is 2. The maximum Gasteiger partial charge on any atom is 0.101 e. The third kappa shape index (κ3) is 30.7. The third-order valence-corrected chi connectivity index (χ3v) is 11.6. The van der Waals surface area contributed by atoms with Gasteiger partial charge in [-0.15, -0.1) is 0 Å². The van der Waals surface area contributed by atoms with E-state index in [-0.39, 0.29) is 0 Å². The van der Waals surface area contributed by atoms with Crippen LogP contribution in [0.5, 0.6) is 0 Å². The Morgan fingerprint density at radius 3 is 0.714 bits per heavy atom. The van der Waals surface area contributed by atoms with Crippen LogP contribution in [0.3, 0.4) is 0 Å². The molecule has 49 heavy (non-hydrogen) atoms. The number of rotatable bonds is 41. The van der Waals surface area contributed by atoms with Gasteiger partial charge >= 0.3 is 0 Å². The summed E-state index contributed by atoms with van der Waals surface area (Å²) in [5.41, 5.74) is 0. The molecule has 2 nitrogen and oxygen atoms in total. The smallest absolute Gasteiger partial charge is 0.101 e. The Labute approximate surface area is 311 Å². The first-order chi connectivity index (χ1) is 24.3. The molecule has 0 aromatic rings. The number of hydrogen-bond donors (Lipinski definition) is 0. The molecule has 0 amide bonds. The predicted octanol–water partition coefficient (Wildman–Crippen LogP) is 16.7. The molecule has 0 fully saturated rings. The summed E-state index contributed by atoms with van der Waals surface area (Å²) in [6.07, 6.45) is 61.9. The van der Waals surface area contributed by atoms with E-state index >= 15 is 0 Å². The molecule has 292 valence electrons. The normalized spacial score (nSPS) is 14.6. The van der Waals surface area contributed by atoms with Crippen LogP contribution in [0.4, 0.5) is 0 Å². The standard InChI is InChI=1S/C47H94N2/c1-4-7-10-13-16-19-22-24-25-26-29-32-35-38-41-44-49-46-45-48(43-40-37-34-31-28-21-18-15-12-9-6-3)47(49)42-39-36-33-30-27-23-20-17-14-11-8-5-2/h45-47H,4-44H2,1-3H3. The minimum atomic E-state index is 0.637. The summed E-state index contributed by atoms with van der Waals surface area (Å²) in [6.45, 7) is 9.49. The van der Waals surface area contributed by atoms with Crippen molar-refractivity contribution in [3.8, 4) is 0 Å². The van der Waals surface area contributed by atoms with Crippen molar-refractivity contribution < 1.29 is 0 Å². The summed E-state index contributed by atoms with van der Waals surface area (Å²) < 4.78 is 0.